The van der Waals surface area contributed by atoms with E-state index in [1.54, 1.807) is 0 Å². The Balaban J connectivity index is 2.13. The molecule has 20 heavy (non-hydrogen) atoms. The molecule has 1 aliphatic rings. The summed E-state index contributed by atoms with van der Waals surface area (Å²) in [5.74, 6) is 0.118. The zero-order valence-corrected chi connectivity index (χ0v) is 12.9. The molecule has 1 saturated heterocycles. The molecule has 112 valence electrons. The number of rotatable bonds is 4. The Bertz CT molecular complexity index is 716. The number of nitrogens with two attached hydrogens (primary N) is 1. The molecule has 1 heterocycles. The van der Waals surface area contributed by atoms with Gasteiger partial charge in [0.1, 0.15) is 0 Å². The van der Waals surface area contributed by atoms with E-state index < -0.39 is 25.1 Å². The molecule has 2 rings (SSSR count). The van der Waals surface area contributed by atoms with Gasteiger partial charge in [-0.2, -0.15) is 0 Å². The van der Waals surface area contributed by atoms with E-state index in [9.17, 15) is 16.8 Å². The van der Waals surface area contributed by atoms with Gasteiger partial charge in [0.15, 0.2) is 9.84 Å². The largest absolute Gasteiger partial charge is 0.397 e. The average Bonchev–Trinajstić information content (AvgIpc) is 2.69. The fraction of sp³-hybridized carbons (Fsp3) is 0.455. The van der Waals surface area contributed by atoms with Gasteiger partial charge in [-0.05, 0) is 31.0 Å². The standard InChI is InChI=1S/C11H15ClN2O4S2/c12-10-4-3-8(6-11(10)13)20(17,18)14-7-9-2-1-5-19(9,15)16/h3-4,6,9,14H,1-2,5,7,13H2. The lowest BCUT2D eigenvalue weighted by Crippen LogP contribution is -2.34. The highest BCUT2D eigenvalue weighted by molar-refractivity contribution is 7.92. The van der Waals surface area contributed by atoms with Crippen molar-refractivity contribution >= 4 is 37.1 Å². The summed E-state index contributed by atoms with van der Waals surface area (Å²) in [7, 11) is -6.97. The maximum Gasteiger partial charge on any atom is 0.240 e. The molecular weight excluding hydrogens is 324 g/mol. The highest BCUT2D eigenvalue weighted by Gasteiger charge is 2.32. The van der Waals surface area contributed by atoms with Crippen molar-refractivity contribution in [2.24, 2.45) is 0 Å². The summed E-state index contributed by atoms with van der Waals surface area (Å²) < 4.78 is 49.7. The lowest BCUT2D eigenvalue weighted by atomic mass is 10.2. The molecule has 0 aromatic heterocycles. The van der Waals surface area contributed by atoms with Crippen LogP contribution in [0.3, 0.4) is 0 Å². The van der Waals surface area contributed by atoms with Gasteiger partial charge in [-0.25, -0.2) is 21.6 Å². The van der Waals surface area contributed by atoms with E-state index in [0.29, 0.717) is 12.8 Å². The Hall–Kier alpha value is -0.830. The number of sulfonamides is 1. The minimum Gasteiger partial charge on any atom is -0.397 e. The molecule has 1 unspecified atom stereocenters. The van der Waals surface area contributed by atoms with E-state index in [2.05, 4.69) is 4.72 Å². The minimum atomic E-state index is -3.79. The summed E-state index contributed by atoms with van der Waals surface area (Å²) in [4.78, 5) is -0.0326. The lowest BCUT2D eigenvalue weighted by molar-refractivity contribution is 0.571. The fourth-order valence-corrected chi connectivity index (χ4v) is 5.17. The third kappa shape index (κ3) is 3.25. The Morgan fingerprint density at radius 2 is 2.10 bits per heavy atom. The van der Waals surface area contributed by atoms with E-state index in [4.69, 9.17) is 17.3 Å². The van der Waals surface area contributed by atoms with E-state index in [0.717, 1.165) is 0 Å². The van der Waals surface area contributed by atoms with Crippen LogP contribution >= 0.6 is 11.6 Å². The first-order valence-electron chi connectivity index (χ1n) is 5.99. The van der Waals surface area contributed by atoms with Gasteiger partial charge in [-0.1, -0.05) is 11.6 Å². The van der Waals surface area contributed by atoms with Crippen molar-refractivity contribution in [3.63, 3.8) is 0 Å². The number of hydrogen-bond donors (Lipinski definition) is 2. The minimum absolute atomic E-state index is 0.0326. The number of anilines is 1. The van der Waals surface area contributed by atoms with Crippen LogP contribution in [0.15, 0.2) is 23.1 Å². The maximum atomic E-state index is 12.1. The summed E-state index contributed by atoms with van der Waals surface area (Å²) in [6, 6.07) is 3.95. The SMILES string of the molecule is Nc1cc(S(=O)(=O)NCC2CCCS2(=O)=O)ccc1Cl. The van der Waals surface area contributed by atoms with Gasteiger partial charge < -0.3 is 5.73 Å². The summed E-state index contributed by atoms with van der Waals surface area (Å²) >= 11 is 5.73. The van der Waals surface area contributed by atoms with Gasteiger partial charge in [-0.3, -0.25) is 0 Å². The van der Waals surface area contributed by atoms with Crippen molar-refractivity contribution in [1.29, 1.82) is 0 Å². The van der Waals surface area contributed by atoms with Crippen LogP contribution in [0.25, 0.3) is 0 Å². The molecule has 0 radical (unpaired) electrons. The average molecular weight is 339 g/mol. The number of halogens is 1. The van der Waals surface area contributed by atoms with Crippen molar-refractivity contribution in [3.8, 4) is 0 Å². The molecule has 1 aliphatic heterocycles. The quantitative estimate of drug-likeness (QED) is 0.789. The van der Waals surface area contributed by atoms with Crippen LogP contribution in [0.1, 0.15) is 12.8 Å². The van der Waals surface area contributed by atoms with Crippen molar-refractivity contribution < 1.29 is 16.8 Å². The molecule has 3 N–H and O–H groups in total. The van der Waals surface area contributed by atoms with Crippen LogP contribution in [0.2, 0.25) is 5.02 Å². The van der Waals surface area contributed by atoms with Crippen LogP contribution in [0.5, 0.6) is 0 Å². The highest BCUT2D eigenvalue weighted by Crippen LogP contribution is 2.23. The first-order valence-corrected chi connectivity index (χ1v) is 9.56. The molecule has 6 nitrogen and oxygen atoms in total. The normalized spacial score (nSPS) is 21.9. The van der Waals surface area contributed by atoms with Crippen LogP contribution in [-0.2, 0) is 19.9 Å². The third-order valence-corrected chi connectivity index (χ3v) is 7.28. The summed E-state index contributed by atoms with van der Waals surface area (Å²) in [6.07, 6.45) is 1.05. The molecule has 9 heteroatoms. The number of hydrogen-bond acceptors (Lipinski definition) is 5. The number of nitrogens with one attached hydrogen (secondary N) is 1. The van der Waals surface area contributed by atoms with Gasteiger partial charge in [-0.15, -0.1) is 0 Å². The lowest BCUT2D eigenvalue weighted by Gasteiger charge is -2.12. The van der Waals surface area contributed by atoms with Crippen molar-refractivity contribution in [2.75, 3.05) is 18.0 Å². The second-order valence-electron chi connectivity index (χ2n) is 4.67. The van der Waals surface area contributed by atoms with Gasteiger partial charge in [0.25, 0.3) is 0 Å². The maximum absolute atomic E-state index is 12.1. The molecular formula is C11H15ClN2O4S2. The topological polar surface area (TPSA) is 106 Å². The van der Waals surface area contributed by atoms with Gasteiger partial charge in [0, 0.05) is 6.54 Å². The predicted octanol–water partition coefficient (Wildman–Crippen LogP) is 0.778. The van der Waals surface area contributed by atoms with Crippen LogP contribution < -0.4 is 10.5 Å². The monoisotopic (exact) mass is 338 g/mol. The molecule has 1 atom stereocenters. The third-order valence-electron chi connectivity index (χ3n) is 3.24. The Morgan fingerprint density at radius 1 is 1.40 bits per heavy atom. The second-order valence-corrected chi connectivity index (χ2v) is 9.24. The van der Waals surface area contributed by atoms with Crippen LogP contribution in [0, 0.1) is 0 Å². The molecule has 1 fully saturated rings. The summed E-state index contributed by atoms with van der Waals surface area (Å²) in [5, 5.41) is -0.385. The van der Waals surface area contributed by atoms with Gasteiger partial charge in [0.2, 0.25) is 10.0 Å². The van der Waals surface area contributed by atoms with Crippen molar-refractivity contribution in [3.05, 3.63) is 23.2 Å². The van der Waals surface area contributed by atoms with E-state index in [1.165, 1.54) is 18.2 Å². The molecule has 1 aromatic carbocycles. The number of sulfone groups is 1. The predicted molar refractivity (Wildman–Crippen MR) is 77.9 cm³/mol. The molecule has 0 saturated carbocycles. The Morgan fingerprint density at radius 3 is 2.65 bits per heavy atom. The molecule has 0 aliphatic carbocycles. The Labute approximate surface area is 123 Å². The van der Waals surface area contributed by atoms with E-state index in [1.807, 2.05) is 0 Å². The van der Waals surface area contributed by atoms with Crippen molar-refractivity contribution in [1.82, 2.24) is 4.72 Å². The zero-order valence-electron chi connectivity index (χ0n) is 10.5. The van der Waals surface area contributed by atoms with Crippen molar-refractivity contribution in [2.45, 2.75) is 23.0 Å². The zero-order chi connectivity index (χ0) is 15.0. The molecule has 0 amide bonds. The number of benzene rings is 1. The number of nitrogen functional groups attached to an aromatic ring is 1. The van der Waals surface area contributed by atoms with E-state index in [-0.39, 0.29) is 27.9 Å². The van der Waals surface area contributed by atoms with Gasteiger partial charge in [0.05, 0.1) is 26.6 Å². The highest BCUT2D eigenvalue weighted by atomic mass is 35.5. The fourth-order valence-electron chi connectivity index (χ4n) is 2.06. The molecule has 0 spiro atoms. The summed E-state index contributed by atoms with van der Waals surface area (Å²) in [6.45, 7) is -0.118. The van der Waals surface area contributed by atoms with Gasteiger partial charge >= 0.3 is 0 Å². The van der Waals surface area contributed by atoms with Crippen LogP contribution in [-0.4, -0.2) is 34.4 Å². The smallest absolute Gasteiger partial charge is 0.240 e. The Kier molecular flexibility index (Phi) is 4.29. The molecule has 0 bridgehead atoms. The molecule has 1 aromatic rings. The van der Waals surface area contributed by atoms with Crippen LogP contribution in [0.4, 0.5) is 5.69 Å². The summed E-state index contributed by atoms with van der Waals surface area (Å²) in [5.41, 5.74) is 5.71. The second kappa shape index (κ2) is 5.51. The van der Waals surface area contributed by atoms with E-state index >= 15 is 0 Å². The first kappa shape index (κ1) is 15.6. The first-order chi connectivity index (χ1) is 9.22.